The summed E-state index contributed by atoms with van der Waals surface area (Å²) in [5.41, 5.74) is 3.45. The third-order valence-corrected chi connectivity index (χ3v) is 13.7. The number of amides is 2. The van der Waals surface area contributed by atoms with Crippen molar-refractivity contribution in [2.24, 2.45) is 0 Å². The fourth-order valence-corrected chi connectivity index (χ4v) is 10.6. The van der Waals surface area contributed by atoms with E-state index in [9.17, 15) is 14.4 Å². The molecule has 1 aliphatic rings. The van der Waals surface area contributed by atoms with Gasteiger partial charge in [-0.25, -0.2) is 4.98 Å². The summed E-state index contributed by atoms with van der Waals surface area (Å²) in [5, 5.41) is 9.31. The highest BCUT2D eigenvalue weighted by Crippen LogP contribution is 2.46. The topological polar surface area (TPSA) is 71.8 Å². The van der Waals surface area contributed by atoms with Gasteiger partial charge in [0.25, 0.3) is 17.4 Å². The minimum absolute atomic E-state index is 0.0726. The second-order valence-electron chi connectivity index (χ2n) is 17.6. The molecule has 0 fully saturated rings. The standard InChI is InChI=1S/C53H59N3O3/c1-3-5-7-9-11-13-15-17-19-23-35(24-20-18-16-14-12-10-8-6-4-2)55-51(57)42-33-29-38-36-27-31-40-48-41(53(59)56-45-26-22-21-25-44(45)54-50(40)56)32-28-37(46(36)48)39-30-34-43(52(55)58)49(42)47(38)39/h21-22,25-35H,3-20,23-24H2,1-2H3. The molecule has 0 bridgehead atoms. The Bertz CT molecular complexity index is 2760. The number of para-hydroxylation sites is 2. The van der Waals surface area contributed by atoms with Crippen LogP contribution < -0.4 is 5.56 Å². The lowest BCUT2D eigenvalue weighted by molar-refractivity contribution is 0.0517. The van der Waals surface area contributed by atoms with Gasteiger partial charge in [-0.15, -0.1) is 0 Å². The van der Waals surface area contributed by atoms with Gasteiger partial charge in [0.15, 0.2) is 0 Å². The first kappa shape index (κ1) is 39.4. The first-order valence-electron chi connectivity index (χ1n) is 23.1. The Morgan fingerprint density at radius 3 is 1.42 bits per heavy atom. The molecule has 0 spiro atoms. The van der Waals surface area contributed by atoms with Gasteiger partial charge < -0.3 is 0 Å². The number of fused-ring (bicyclic) bond motifs is 6. The van der Waals surface area contributed by atoms with Gasteiger partial charge in [0, 0.05) is 38.7 Å². The number of benzene rings is 6. The summed E-state index contributed by atoms with van der Waals surface area (Å²) in [6.45, 7) is 4.53. The molecule has 304 valence electrons. The van der Waals surface area contributed by atoms with Gasteiger partial charge in [-0.3, -0.25) is 23.7 Å². The second-order valence-corrected chi connectivity index (χ2v) is 17.6. The first-order valence-corrected chi connectivity index (χ1v) is 23.1. The first-order chi connectivity index (χ1) is 29.0. The molecule has 2 amide bonds. The van der Waals surface area contributed by atoms with Crippen molar-refractivity contribution in [1.29, 1.82) is 0 Å². The summed E-state index contributed by atoms with van der Waals surface area (Å²) in [7, 11) is 0. The molecule has 6 heteroatoms. The Hall–Kier alpha value is -5.10. The predicted octanol–water partition coefficient (Wildman–Crippen LogP) is 14.3. The Morgan fingerprint density at radius 1 is 0.458 bits per heavy atom. The highest BCUT2D eigenvalue weighted by Gasteiger charge is 2.38. The summed E-state index contributed by atoms with van der Waals surface area (Å²) in [4.78, 5) is 50.3. The zero-order valence-corrected chi connectivity index (χ0v) is 35.2. The van der Waals surface area contributed by atoms with E-state index in [0.29, 0.717) is 22.2 Å². The van der Waals surface area contributed by atoms with Crippen LogP contribution in [-0.4, -0.2) is 32.1 Å². The Kier molecular flexibility index (Phi) is 11.5. The zero-order chi connectivity index (χ0) is 40.5. The average Bonchev–Trinajstić information content (AvgIpc) is 3.65. The van der Waals surface area contributed by atoms with E-state index in [-0.39, 0.29) is 23.4 Å². The molecule has 0 atom stereocenters. The summed E-state index contributed by atoms with van der Waals surface area (Å²) in [6, 6.07) is 24.0. The Balaban J connectivity index is 1.04. The molecule has 0 saturated heterocycles. The Labute approximate surface area is 347 Å². The van der Waals surface area contributed by atoms with Gasteiger partial charge >= 0.3 is 0 Å². The molecule has 0 N–H and O–H groups in total. The van der Waals surface area contributed by atoms with Crippen molar-refractivity contribution in [2.45, 2.75) is 148 Å². The van der Waals surface area contributed by atoms with E-state index in [1.54, 1.807) is 9.30 Å². The van der Waals surface area contributed by atoms with Crippen molar-refractivity contribution in [1.82, 2.24) is 14.3 Å². The van der Waals surface area contributed by atoms with Crippen molar-refractivity contribution < 1.29 is 9.59 Å². The number of imide groups is 1. The second kappa shape index (κ2) is 17.2. The van der Waals surface area contributed by atoms with E-state index in [2.05, 4.69) is 44.2 Å². The molecule has 0 radical (unpaired) electrons. The van der Waals surface area contributed by atoms with Crippen LogP contribution in [0.4, 0.5) is 0 Å². The van der Waals surface area contributed by atoms with Crippen molar-refractivity contribution in [3.63, 3.8) is 0 Å². The number of carbonyl (C=O) groups is 2. The predicted molar refractivity (Wildman–Crippen MR) is 247 cm³/mol. The minimum Gasteiger partial charge on any atom is -0.271 e. The van der Waals surface area contributed by atoms with Gasteiger partial charge in [-0.2, -0.15) is 0 Å². The maximum absolute atomic E-state index is 14.8. The molecular weight excluding hydrogens is 727 g/mol. The van der Waals surface area contributed by atoms with Gasteiger partial charge in [-0.05, 0) is 81.6 Å². The molecule has 8 aromatic rings. The maximum atomic E-state index is 14.8. The largest absolute Gasteiger partial charge is 0.271 e. The number of hydrogen-bond acceptors (Lipinski definition) is 4. The number of nitrogens with zero attached hydrogens (tertiary/aromatic N) is 3. The van der Waals surface area contributed by atoms with E-state index in [4.69, 9.17) is 4.98 Å². The fourth-order valence-electron chi connectivity index (χ4n) is 10.6. The van der Waals surface area contributed by atoms with Gasteiger partial charge in [0.2, 0.25) is 0 Å². The molecular formula is C53H59N3O3. The van der Waals surface area contributed by atoms with Crippen molar-refractivity contribution in [3.8, 4) is 0 Å². The molecule has 0 saturated carbocycles. The number of unbranched alkanes of at least 4 members (excludes halogenated alkanes) is 16. The molecule has 3 heterocycles. The van der Waals surface area contributed by atoms with Crippen LogP contribution >= 0.6 is 0 Å². The van der Waals surface area contributed by atoms with Crippen LogP contribution in [0.5, 0.6) is 0 Å². The molecule has 6 aromatic carbocycles. The molecule has 0 aliphatic carbocycles. The SMILES string of the molecule is CCCCCCCCCCCC(CCCCCCCCCCC)N1C(=O)c2ccc3c4ccc5c(=O)n6c7ccccc7nc6c6ccc(c7ccc(c2c37)C1=O)c4c56. The lowest BCUT2D eigenvalue weighted by atomic mass is 9.83. The average molecular weight is 786 g/mol. The van der Waals surface area contributed by atoms with E-state index < -0.39 is 0 Å². The summed E-state index contributed by atoms with van der Waals surface area (Å²) < 4.78 is 1.75. The molecule has 2 aromatic heterocycles. The van der Waals surface area contributed by atoms with Gasteiger partial charge in [0.1, 0.15) is 5.65 Å². The van der Waals surface area contributed by atoms with Crippen LogP contribution in [0.25, 0.3) is 70.5 Å². The van der Waals surface area contributed by atoms with Gasteiger partial charge in [0.05, 0.1) is 11.0 Å². The maximum Gasteiger partial charge on any atom is 0.264 e. The summed E-state index contributed by atoms with van der Waals surface area (Å²) in [6.07, 6.45) is 24.2. The van der Waals surface area contributed by atoms with E-state index in [1.807, 2.05) is 42.5 Å². The quantitative estimate of drug-likeness (QED) is 0.0315. The van der Waals surface area contributed by atoms with Crippen LogP contribution in [0.3, 0.4) is 0 Å². The van der Waals surface area contributed by atoms with Crippen LogP contribution in [0.15, 0.2) is 77.6 Å². The third-order valence-electron chi connectivity index (χ3n) is 13.7. The van der Waals surface area contributed by atoms with E-state index >= 15 is 0 Å². The zero-order valence-electron chi connectivity index (χ0n) is 35.2. The smallest absolute Gasteiger partial charge is 0.264 e. The van der Waals surface area contributed by atoms with Crippen LogP contribution in [0, 0.1) is 0 Å². The number of pyridine rings is 1. The van der Waals surface area contributed by atoms with E-state index in [1.165, 1.54) is 89.9 Å². The highest BCUT2D eigenvalue weighted by molar-refractivity contribution is 6.41. The van der Waals surface area contributed by atoms with Crippen molar-refractivity contribution >= 4 is 82.4 Å². The fraction of sp³-hybridized carbons (Fsp3) is 0.434. The molecule has 59 heavy (non-hydrogen) atoms. The lowest BCUT2D eigenvalue weighted by Crippen LogP contribution is -2.47. The number of rotatable bonds is 21. The van der Waals surface area contributed by atoms with Crippen LogP contribution in [0.2, 0.25) is 0 Å². The Morgan fingerprint density at radius 2 is 0.881 bits per heavy atom. The van der Waals surface area contributed by atoms with Gasteiger partial charge in [-0.1, -0.05) is 166 Å². The van der Waals surface area contributed by atoms with Crippen molar-refractivity contribution in [2.75, 3.05) is 0 Å². The molecule has 9 rings (SSSR count). The number of imidazole rings is 1. The monoisotopic (exact) mass is 785 g/mol. The van der Waals surface area contributed by atoms with Crippen LogP contribution in [0.1, 0.15) is 163 Å². The lowest BCUT2D eigenvalue weighted by Gasteiger charge is -2.35. The molecule has 6 nitrogen and oxygen atoms in total. The van der Waals surface area contributed by atoms with Crippen molar-refractivity contribution in [3.05, 3.63) is 94.3 Å². The number of aromatic nitrogens is 2. The molecule has 0 unspecified atom stereocenters. The summed E-state index contributed by atoms with van der Waals surface area (Å²) in [5.74, 6) is -0.299. The number of hydrogen-bond donors (Lipinski definition) is 0. The summed E-state index contributed by atoms with van der Waals surface area (Å²) >= 11 is 0. The molecule has 1 aliphatic heterocycles. The number of carbonyl (C=O) groups excluding carboxylic acids is 2. The highest BCUT2D eigenvalue weighted by atomic mass is 16.2. The third kappa shape index (κ3) is 7.00. The van der Waals surface area contributed by atoms with Crippen LogP contribution in [-0.2, 0) is 0 Å². The normalized spacial score (nSPS) is 13.5. The minimum atomic E-state index is -0.149. The van der Waals surface area contributed by atoms with E-state index in [0.717, 1.165) is 98.0 Å².